The molecule has 0 bridgehead atoms. The summed E-state index contributed by atoms with van der Waals surface area (Å²) < 4.78 is 2.25. The topological polar surface area (TPSA) is 17.8 Å². The van der Waals surface area contributed by atoms with Crippen molar-refractivity contribution in [3.05, 3.63) is 54.6 Å². The number of rotatable bonds is 8. The molecule has 0 spiro atoms. The van der Waals surface area contributed by atoms with E-state index in [0.717, 1.165) is 6.42 Å². The second-order valence-electron chi connectivity index (χ2n) is 5.70. The number of imidazole rings is 1. The number of benzene rings is 1. The van der Waals surface area contributed by atoms with Crippen molar-refractivity contribution in [1.82, 2.24) is 9.55 Å². The molecule has 1 aromatic carbocycles. The van der Waals surface area contributed by atoms with Crippen LogP contribution in [0.15, 0.2) is 49.1 Å². The maximum Gasteiger partial charge on any atom is 0.0948 e. The van der Waals surface area contributed by atoms with E-state index in [1.165, 1.54) is 31.2 Å². The predicted octanol–water partition coefficient (Wildman–Crippen LogP) is 4.88. The third kappa shape index (κ3) is 4.22. The highest BCUT2D eigenvalue weighted by Gasteiger charge is 2.18. The average Bonchev–Trinajstić information content (AvgIpc) is 3.01. The van der Waals surface area contributed by atoms with E-state index in [2.05, 4.69) is 59.9 Å². The van der Waals surface area contributed by atoms with Gasteiger partial charge in [0.15, 0.2) is 0 Å². The van der Waals surface area contributed by atoms with Crippen LogP contribution in [0.4, 0.5) is 0 Å². The largest absolute Gasteiger partial charge is 0.334 e. The first-order valence-corrected chi connectivity index (χ1v) is 7.82. The van der Waals surface area contributed by atoms with E-state index in [1.807, 2.05) is 12.5 Å². The maximum atomic E-state index is 4.19. The Kier molecular flexibility index (Phi) is 5.85. The van der Waals surface area contributed by atoms with Crippen LogP contribution in [-0.2, 0) is 6.42 Å². The van der Waals surface area contributed by atoms with Crippen LogP contribution in [0.2, 0.25) is 0 Å². The first-order chi connectivity index (χ1) is 9.81. The van der Waals surface area contributed by atoms with Crippen molar-refractivity contribution in [1.29, 1.82) is 0 Å². The van der Waals surface area contributed by atoms with E-state index < -0.39 is 0 Å². The van der Waals surface area contributed by atoms with E-state index >= 15 is 0 Å². The summed E-state index contributed by atoms with van der Waals surface area (Å²) in [6.45, 7) is 4.59. The van der Waals surface area contributed by atoms with E-state index in [-0.39, 0.29) is 0 Å². The highest BCUT2D eigenvalue weighted by Crippen LogP contribution is 2.27. The molecule has 20 heavy (non-hydrogen) atoms. The van der Waals surface area contributed by atoms with Crippen molar-refractivity contribution >= 4 is 0 Å². The molecule has 2 heteroatoms. The Labute approximate surface area is 122 Å². The van der Waals surface area contributed by atoms with Crippen LogP contribution in [0.1, 0.15) is 51.1 Å². The molecule has 0 aliphatic heterocycles. The first-order valence-electron chi connectivity index (χ1n) is 7.82. The Balaban J connectivity index is 2.03. The Morgan fingerprint density at radius 1 is 1.15 bits per heavy atom. The van der Waals surface area contributed by atoms with E-state index in [1.54, 1.807) is 0 Å². The molecule has 2 rings (SSSR count). The zero-order valence-corrected chi connectivity index (χ0v) is 12.7. The zero-order chi connectivity index (χ0) is 14.2. The van der Waals surface area contributed by atoms with Crippen molar-refractivity contribution < 1.29 is 0 Å². The average molecular weight is 270 g/mol. The van der Waals surface area contributed by atoms with E-state index in [9.17, 15) is 0 Å². The molecule has 0 saturated heterocycles. The fourth-order valence-corrected chi connectivity index (χ4v) is 2.84. The Hall–Kier alpha value is -1.57. The third-order valence-electron chi connectivity index (χ3n) is 4.20. The molecular formula is C18H26N2. The summed E-state index contributed by atoms with van der Waals surface area (Å²) in [7, 11) is 0. The lowest BCUT2D eigenvalue weighted by atomic mass is 9.88. The van der Waals surface area contributed by atoms with Crippen LogP contribution >= 0.6 is 0 Å². The number of hydrogen-bond donors (Lipinski definition) is 0. The summed E-state index contributed by atoms with van der Waals surface area (Å²) in [5.74, 6) is 0.679. The molecule has 2 aromatic rings. The molecule has 1 heterocycles. The van der Waals surface area contributed by atoms with Crippen LogP contribution in [0.5, 0.6) is 0 Å². The van der Waals surface area contributed by atoms with Crippen molar-refractivity contribution in [3.63, 3.8) is 0 Å². The number of unbranched alkanes of at least 4 members (excludes halogenated alkanes) is 2. The molecule has 2 atom stereocenters. The summed E-state index contributed by atoms with van der Waals surface area (Å²) in [5, 5.41) is 0. The standard InChI is InChI=1S/C18H26N2/c1-3-4-6-11-18(14-17-9-7-5-8-10-17)16(2)20-13-12-19-15-20/h5,7-10,12-13,15-16,18H,3-4,6,11,14H2,1-2H3. The summed E-state index contributed by atoms with van der Waals surface area (Å²) in [6, 6.07) is 11.4. The van der Waals surface area contributed by atoms with Gasteiger partial charge in [0, 0.05) is 18.4 Å². The molecule has 0 fully saturated rings. The number of aromatic nitrogens is 2. The lowest BCUT2D eigenvalue weighted by Crippen LogP contribution is -2.18. The molecule has 0 radical (unpaired) electrons. The fraction of sp³-hybridized carbons (Fsp3) is 0.500. The van der Waals surface area contributed by atoms with Gasteiger partial charge in [0.05, 0.1) is 6.33 Å². The smallest absolute Gasteiger partial charge is 0.0948 e. The minimum absolute atomic E-state index is 0.509. The summed E-state index contributed by atoms with van der Waals surface area (Å²) in [6.07, 6.45) is 12.3. The SMILES string of the molecule is CCCCCC(Cc1ccccc1)C(C)n1ccnc1. The van der Waals surface area contributed by atoms with Gasteiger partial charge >= 0.3 is 0 Å². The van der Waals surface area contributed by atoms with Gasteiger partial charge in [0.25, 0.3) is 0 Å². The Morgan fingerprint density at radius 3 is 2.60 bits per heavy atom. The van der Waals surface area contributed by atoms with Crippen LogP contribution in [0, 0.1) is 5.92 Å². The van der Waals surface area contributed by atoms with Gasteiger partial charge in [-0.2, -0.15) is 0 Å². The van der Waals surface area contributed by atoms with Crippen molar-refractivity contribution in [3.8, 4) is 0 Å². The summed E-state index contributed by atoms with van der Waals surface area (Å²) in [4.78, 5) is 4.19. The molecule has 0 amide bonds. The number of nitrogens with zero attached hydrogens (tertiary/aromatic N) is 2. The van der Waals surface area contributed by atoms with Crippen LogP contribution in [0.3, 0.4) is 0 Å². The highest BCUT2D eigenvalue weighted by atomic mass is 15.0. The lowest BCUT2D eigenvalue weighted by molar-refractivity contribution is 0.319. The predicted molar refractivity (Wildman–Crippen MR) is 84.7 cm³/mol. The fourth-order valence-electron chi connectivity index (χ4n) is 2.84. The molecule has 2 nitrogen and oxygen atoms in total. The third-order valence-corrected chi connectivity index (χ3v) is 4.20. The van der Waals surface area contributed by atoms with Gasteiger partial charge in [-0.15, -0.1) is 0 Å². The monoisotopic (exact) mass is 270 g/mol. The van der Waals surface area contributed by atoms with Gasteiger partial charge < -0.3 is 4.57 Å². The van der Waals surface area contributed by atoms with Gasteiger partial charge in [-0.25, -0.2) is 4.98 Å². The van der Waals surface area contributed by atoms with Gasteiger partial charge in [-0.3, -0.25) is 0 Å². The van der Waals surface area contributed by atoms with Crippen molar-refractivity contribution in [2.45, 2.75) is 52.0 Å². The molecular weight excluding hydrogens is 244 g/mol. The normalized spacial score (nSPS) is 14.1. The first kappa shape index (κ1) is 14.8. The van der Waals surface area contributed by atoms with Gasteiger partial charge in [0.1, 0.15) is 0 Å². The molecule has 0 aliphatic carbocycles. The van der Waals surface area contributed by atoms with E-state index in [0.29, 0.717) is 12.0 Å². The summed E-state index contributed by atoms with van der Waals surface area (Å²) >= 11 is 0. The molecule has 0 aliphatic rings. The minimum atomic E-state index is 0.509. The molecule has 1 aromatic heterocycles. The summed E-state index contributed by atoms with van der Waals surface area (Å²) in [5.41, 5.74) is 1.45. The van der Waals surface area contributed by atoms with Crippen molar-refractivity contribution in [2.24, 2.45) is 5.92 Å². The van der Waals surface area contributed by atoms with Crippen molar-refractivity contribution in [2.75, 3.05) is 0 Å². The van der Waals surface area contributed by atoms with Crippen LogP contribution in [0.25, 0.3) is 0 Å². The molecule has 0 N–H and O–H groups in total. The highest BCUT2D eigenvalue weighted by molar-refractivity contribution is 5.15. The van der Waals surface area contributed by atoms with Gasteiger partial charge in [-0.1, -0.05) is 56.5 Å². The van der Waals surface area contributed by atoms with Gasteiger partial charge in [-0.05, 0) is 31.2 Å². The number of hydrogen-bond acceptors (Lipinski definition) is 1. The van der Waals surface area contributed by atoms with Crippen LogP contribution < -0.4 is 0 Å². The molecule has 2 unspecified atom stereocenters. The quantitative estimate of drug-likeness (QED) is 0.625. The molecule has 0 saturated carbocycles. The van der Waals surface area contributed by atoms with E-state index in [4.69, 9.17) is 0 Å². The second kappa shape index (κ2) is 7.88. The van der Waals surface area contributed by atoms with Crippen LogP contribution in [-0.4, -0.2) is 9.55 Å². The maximum absolute atomic E-state index is 4.19. The Morgan fingerprint density at radius 2 is 1.95 bits per heavy atom. The zero-order valence-electron chi connectivity index (χ0n) is 12.7. The lowest BCUT2D eigenvalue weighted by Gasteiger charge is -2.25. The second-order valence-corrected chi connectivity index (χ2v) is 5.70. The Bertz CT molecular complexity index is 461. The minimum Gasteiger partial charge on any atom is -0.334 e. The molecule has 108 valence electrons. The van der Waals surface area contributed by atoms with Gasteiger partial charge in [0.2, 0.25) is 0 Å².